The molecule has 0 spiro atoms. The lowest BCUT2D eigenvalue weighted by Crippen LogP contribution is -2.32. The van der Waals surface area contributed by atoms with Crippen LogP contribution in [0.1, 0.15) is 27.8 Å². The maximum absolute atomic E-state index is 13.5. The Kier molecular flexibility index (Phi) is 6.09. The molecule has 4 nitrogen and oxygen atoms in total. The molecule has 6 heteroatoms. The van der Waals surface area contributed by atoms with Crippen LogP contribution in [0.15, 0.2) is 66.4 Å². The van der Waals surface area contributed by atoms with Gasteiger partial charge in [-0.05, 0) is 78.9 Å². The third-order valence-corrected chi connectivity index (χ3v) is 6.15. The van der Waals surface area contributed by atoms with E-state index in [2.05, 4.69) is 5.32 Å². The van der Waals surface area contributed by atoms with E-state index in [0.717, 1.165) is 27.9 Å². The molecule has 1 aliphatic heterocycles. The van der Waals surface area contributed by atoms with Crippen LogP contribution in [0.5, 0.6) is 0 Å². The molecule has 0 saturated carbocycles. The number of rotatable bonds is 5. The molecule has 1 N–H and O–H groups in total. The fraction of sp³-hybridized carbons (Fsp3) is 0.154. The van der Waals surface area contributed by atoms with Crippen LogP contribution in [0.3, 0.4) is 0 Å². The Balaban J connectivity index is 1.77. The van der Waals surface area contributed by atoms with Crippen molar-refractivity contribution in [1.29, 1.82) is 0 Å². The number of hydrogen-bond donors (Lipinski definition) is 1. The van der Waals surface area contributed by atoms with E-state index in [-0.39, 0.29) is 24.1 Å². The summed E-state index contributed by atoms with van der Waals surface area (Å²) in [5.41, 5.74) is 5.92. The third kappa shape index (κ3) is 4.29. The van der Waals surface area contributed by atoms with Crippen LogP contribution < -0.4 is 5.32 Å². The van der Waals surface area contributed by atoms with Crippen molar-refractivity contribution in [2.45, 2.75) is 27.3 Å². The maximum Gasteiger partial charge on any atom is 0.278 e. The second kappa shape index (κ2) is 8.81. The van der Waals surface area contributed by atoms with Gasteiger partial charge in [-0.25, -0.2) is 0 Å². The first-order valence-corrected chi connectivity index (χ1v) is 11.0. The number of imide groups is 1. The van der Waals surface area contributed by atoms with Crippen molar-refractivity contribution < 1.29 is 9.59 Å². The molecular weight excluding hydrogens is 443 g/mol. The summed E-state index contributed by atoms with van der Waals surface area (Å²) >= 11 is 12.1. The lowest BCUT2D eigenvalue weighted by atomic mass is 9.99. The topological polar surface area (TPSA) is 49.4 Å². The number of anilines is 1. The molecule has 0 atom stereocenters. The molecule has 0 unspecified atom stereocenters. The second-order valence-corrected chi connectivity index (χ2v) is 8.83. The average Bonchev–Trinajstić information content (AvgIpc) is 2.98. The number of amides is 2. The Morgan fingerprint density at radius 3 is 2.09 bits per heavy atom. The summed E-state index contributed by atoms with van der Waals surface area (Å²) in [4.78, 5) is 28.2. The van der Waals surface area contributed by atoms with E-state index in [0.29, 0.717) is 21.2 Å². The number of halogens is 2. The van der Waals surface area contributed by atoms with Crippen LogP contribution in [0.25, 0.3) is 5.57 Å². The summed E-state index contributed by atoms with van der Waals surface area (Å²) in [5, 5.41) is 4.42. The van der Waals surface area contributed by atoms with Crippen LogP contribution in [0.4, 0.5) is 5.69 Å². The minimum Gasteiger partial charge on any atom is -0.350 e. The lowest BCUT2D eigenvalue weighted by Gasteiger charge is -2.16. The molecule has 3 aromatic carbocycles. The van der Waals surface area contributed by atoms with Gasteiger partial charge < -0.3 is 5.32 Å². The molecule has 0 fully saturated rings. The molecule has 2 amide bonds. The quantitative estimate of drug-likeness (QED) is 0.449. The molecule has 3 aromatic rings. The van der Waals surface area contributed by atoms with Gasteiger partial charge in [0.2, 0.25) is 0 Å². The highest BCUT2D eigenvalue weighted by atomic mass is 35.5. The highest BCUT2D eigenvalue weighted by Gasteiger charge is 2.39. The Morgan fingerprint density at radius 2 is 1.44 bits per heavy atom. The summed E-state index contributed by atoms with van der Waals surface area (Å²) in [6, 6.07) is 18.3. The normalized spacial score (nSPS) is 13.8. The molecule has 0 saturated heterocycles. The van der Waals surface area contributed by atoms with E-state index < -0.39 is 0 Å². The summed E-state index contributed by atoms with van der Waals surface area (Å²) in [5.74, 6) is -0.699. The van der Waals surface area contributed by atoms with Crippen molar-refractivity contribution in [2.24, 2.45) is 0 Å². The maximum atomic E-state index is 13.5. The molecule has 1 heterocycles. The third-order valence-electron chi connectivity index (χ3n) is 5.67. The van der Waals surface area contributed by atoms with Gasteiger partial charge in [-0.3, -0.25) is 14.5 Å². The highest BCUT2D eigenvalue weighted by molar-refractivity contribution is 6.36. The zero-order valence-corrected chi connectivity index (χ0v) is 19.5. The Labute approximate surface area is 197 Å². The minimum absolute atomic E-state index is 0.161. The van der Waals surface area contributed by atoms with E-state index in [4.69, 9.17) is 23.2 Å². The molecular formula is C26H22Cl2N2O2. The summed E-state index contributed by atoms with van der Waals surface area (Å²) < 4.78 is 0. The van der Waals surface area contributed by atoms with Crippen LogP contribution in [0.2, 0.25) is 10.0 Å². The van der Waals surface area contributed by atoms with E-state index in [1.54, 1.807) is 18.2 Å². The molecule has 0 aromatic heterocycles. The van der Waals surface area contributed by atoms with Crippen LogP contribution in [0, 0.1) is 20.8 Å². The number of carbonyl (C=O) groups is 2. The number of carbonyl (C=O) groups excluding carboxylic acids is 2. The monoisotopic (exact) mass is 464 g/mol. The van der Waals surface area contributed by atoms with Crippen molar-refractivity contribution in [3.05, 3.63) is 104 Å². The predicted molar refractivity (Wildman–Crippen MR) is 130 cm³/mol. The summed E-state index contributed by atoms with van der Waals surface area (Å²) in [7, 11) is 0. The Bertz CT molecular complexity index is 1260. The Morgan fingerprint density at radius 1 is 0.750 bits per heavy atom. The predicted octanol–water partition coefficient (Wildman–Crippen LogP) is 6.31. The van der Waals surface area contributed by atoms with Crippen molar-refractivity contribution in [3.63, 3.8) is 0 Å². The Hall–Kier alpha value is -3.08. The van der Waals surface area contributed by atoms with Crippen molar-refractivity contribution in [3.8, 4) is 0 Å². The van der Waals surface area contributed by atoms with Gasteiger partial charge >= 0.3 is 0 Å². The van der Waals surface area contributed by atoms with Gasteiger partial charge in [0.1, 0.15) is 5.70 Å². The van der Waals surface area contributed by atoms with Gasteiger partial charge in [0.05, 0.1) is 12.1 Å². The van der Waals surface area contributed by atoms with E-state index in [1.165, 1.54) is 4.90 Å². The van der Waals surface area contributed by atoms with Crippen LogP contribution in [-0.4, -0.2) is 16.7 Å². The molecule has 0 bridgehead atoms. The standard InChI is InChI=1S/C26H22Cl2N2O2/c1-15-4-7-19(12-16(15)2)23-24(29-22-11-10-21(28)13-17(22)3)26(32)30(25(23)31)14-18-5-8-20(27)9-6-18/h4-13,29H,14H2,1-3H3. The van der Waals surface area contributed by atoms with Crippen LogP contribution in [-0.2, 0) is 16.1 Å². The lowest BCUT2D eigenvalue weighted by molar-refractivity contribution is -0.137. The largest absolute Gasteiger partial charge is 0.350 e. The first-order valence-electron chi connectivity index (χ1n) is 10.2. The molecule has 1 aliphatic rings. The molecule has 162 valence electrons. The highest BCUT2D eigenvalue weighted by Crippen LogP contribution is 2.33. The van der Waals surface area contributed by atoms with Gasteiger partial charge in [-0.2, -0.15) is 0 Å². The number of benzene rings is 3. The van der Waals surface area contributed by atoms with E-state index in [1.807, 2.05) is 63.2 Å². The van der Waals surface area contributed by atoms with Crippen molar-refractivity contribution in [2.75, 3.05) is 5.32 Å². The van der Waals surface area contributed by atoms with Gasteiger partial charge in [-0.1, -0.05) is 53.5 Å². The van der Waals surface area contributed by atoms with Crippen molar-refractivity contribution in [1.82, 2.24) is 4.90 Å². The molecule has 0 radical (unpaired) electrons. The zero-order valence-electron chi connectivity index (χ0n) is 18.0. The van der Waals surface area contributed by atoms with Crippen molar-refractivity contribution >= 4 is 46.3 Å². The van der Waals surface area contributed by atoms with E-state index in [9.17, 15) is 9.59 Å². The van der Waals surface area contributed by atoms with E-state index >= 15 is 0 Å². The summed E-state index contributed by atoms with van der Waals surface area (Å²) in [6.45, 7) is 6.06. The first kappa shape index (κ1) is 22.1. The number of aryl methyl sites for hydroxylation is 3. The minimum atomic E-state index is -0.368. The first-order chi connectivity index (χ1) is 15.2. The smallest absolute Gasteiger partial charge is 0.278 e. The number of nitrogens with one attached hydrogen (secondary N) is 1. The van der Waals surface area contributed by atoms with Gasteiger partial charge in [-0.15, -0.1) is 0 Å². The zero-order chi connectivity index (χ0) is 23.0. The SMILES string of the molecule is Cc1ccc(C2=C(Nc3ccc(Cl)cc3C)C(=O)N(Cc3ccc(Cl)cc3)C2=O)cc1C. The molecule has 0 aliphatic carbocycles. The summed E-state index contributed by atoms with van der Waals surface area (Å²) in [6.07, 6.45) is 0. The number of nitrogens with zero attached hydrogens (tertiary/aromatic N) is 1. The van der Waals surface area contributed by atoms with Gasteiger partial charge in [0.25, 0.3) is 11.8 Å². The fourth-order valence-corrected chi connectivity index (χ4v) is 4.03. The number of hydrogen-bond acceptors (Lipinski definition) is 3. The fourth-order valence-electron chi connectivity index (χ4n) is 3.67. The van der Waals surface area contributed by atoms with Gasteiger partial charge in [0.15, 0.2) is 0 Å². The molecule has 32 heavy (non-hydrogen) atoms. The molecule has 4 rings (SSSR count). The average molecular weight is 465 g/mol. The second-order valence-electron chi connectivity index (χ2n) is 7.96. The van der Waals surface area contributed by atoms with Gasteiger partial charge in [0, 0.05) is 15.7 Å². The van der Waals surface area contributed by atoms with Crippen LogP contribution >= 0.6 is 23.2 Å².